The largest absolute Gasteiger partial charge is 0.452 e. The predicted octanol–water partition coefficient (Wildman–Crippen LogP) is 4.18. The Morgan fingerprint density at radius 2 is 1.86 bits per heavy atom. The molecule has 2 nitrogen and oxygen atoms in total. The monoisotopic (exact) mass is 227 g/mol. The molecule has 0 unspecified atom stereocenters. The summed E-state index contributed by atoms with van der Waals surface area (Å²) in [5.74, 6) is 0.950. The molecular formula is C10H5Cl2O2. The van der Waals surface area contributed by atoms with Gasteiger partial charge >= 0.3 is 0 Å². The lowest BCUT2D eigenvalue weighted by Crippen LogP contribution is -1.81. The third kappa shape index (κ3) is 1.86. The van der Waals surface area contributed by atoms with E-state index in [1.165, 1.54) is 0 Å². The van der Waals surface area contributed by atoms with Gasteiger partial charge in [0.05, 0.1) is 0 Å². The Hall–Kier alpha value is -1.12. The summed E-state index contributed by atoms with van der Waals surface area (Å²) in [5.41, 5.74) is 0. The molecule has 14 heavy (non-hydrogen) atoms. The van der Waals surface area contributed by atoms with Gasteiger partial charge in [-0.2, -0.15) is 0 Å². The molecule has 2 aromatic rings. The van der Waals surface area contributed by atoms with Gasteiger partial charge in [0.1, 0.15) is 10.8 Å². The maximum Gasteiger partial charge on any atom is 0.219 e. The van der Waals surface area contributed by atoms with Crippen LogP contribution in [-0.2, 0) is 0 Å². The fourth-order valence-electron chi connectivity index (χ4n) is 0.942. The van der Waals surface area contributed by atoms with Gasteiger partial charge in [0, 0.05) is 0 Å². The molecule has 0 fully saturated rings. The smallest absolute Gasteiger partial charge is 0.219 e. The highest BCUT2D eigenvalue weighted by molar-refractivity contribution is 6.41. The zero-order chi connectivity index (χ0) is 9.97. The number of rotatable bonds is 2. The standard InChI is InChI=1S/C10H5Cl2O2/c11-9-8(6-13-10(9)12)14-7-4-2-1-3-5-7/h1-5H. The fraction of sp³-hybridized carbons (Fsp3) is 0. The predicted molar refractivity (Wildman–Crippen MR) is 54.1 cm³/mol. The van der Waals surface area contributed by atoms with Gasteiger partial charge in [0.2, 0.25) is 11.5 Å². The third-order valence-electron chi connectivity index (χ3n) is 1.57. The van der Waals surface area contributed by atoms with Crippen LogP contribution >= 0.6 is 23.2 Å². The van der Waals surface area contributed by atoms with Crippen LogP contribution in [0, 0.1) is 6.26 Å². The molecule has 0 saturated heterocycles. The molecule has 1 heterocycles. The molecule has 0 atom stereocenters. The Labute approximate surface area is 91.0 Å². The molecule has 2 rings (SSSR count). The van der Waals surface area contributed by atoms with Crippen molar-refractivity contribution in [2.45, 2.75) is 0 Å². The first kappa shape index (κ1) is 9.44. The molecular weight excluding hydrogens is 223 g/mol. The Bertz CT molecular complexity index is 423. The van der Waals surface area contributed by atoms with Crippen molar-refractivity contribution in [2.75, 3.05) is 0 Å². The van der Waals surface area contributed by atoms with Crippen molar-refractivity contribution in [1.82, 2.24) is 0 Å². The Balaban J connectivity index is 2.23. The van der Waals surface area contributed by atoms with Crippen LogP contribution in [0.1, 0.15) is 0 Å². The van der Waals surface area contributed by atoms with Gasteiger partial charge in [-0.1, -0.05) is 29.8 Å². The quantitative estimate of drug-likeness (QED) is 0.769. The van der Waals surface area contributed by atoms with E-state index in [1.54, 1.807) is 12.1 Å². The van der Waals surface area contributed by atoms with Gasteiger partial charge < -0.3 is 9.15 Å². The zero-order valence-corrected chi connectivity index (χ0v) is 8.47. The third-order valence-corrected chi connectivity index (χ3v) is 2.27. The van der Waals surface area contributed by atoms with Crippen molar-refractivity contribution >= 4 is 23.2 Å². The molecule has 0 aliphatic rings. The minimum Gasteiger partial charge on any atom is -0.452 e. The van der Waals surface area contributed by atoms with E-state index in [9.17, 15) is 0 Å². The molecule has 1 aromatic heterocycles. The second kappa shape index (κ2) is 3.95. The van der Waals surface area contributed by atoms with Gasteiger partial charge in [-0.3, -0.25) is 0 Å². The number of para-hydroxylation sites is 1. The number of furan rings is 1. The number of hydrogen-bond acceptors (Lipinski definition) is 2. The molecule has 0 spiro atoms. The number of halogens is 2. The highest BCUT2D eigenvalue weighted by atomic mass is 35.5. The molecule has 1 aromatic carbocycles. The topological polar surface area (TPSA) is 22.4 Å². The van der Waals surface area contributed by atoms with E-state index in [0.717, 1.165) is 0 Å². The molecule has 0 aliphatic heterocycles. The number of benzene rings is 1. The van der Waals surface area contributed by atoms with Gasteiger partial charge in [0.25, 0.3) is 0 Å². The summed E-state index contributed by atoms with van der Waals surface area (Å²) in [4.78, 5) is 0. The van der Waals surface area contributed by atoms with Crippen LogP contribution in [0.25, 0.3) is 0 Å². The maximum absolute atomic E-state index is 5.78. The van der Waals surface area contributed by atoms with E-state index in [2.05, 4.69) is 6.26 Å². The first-order chi connectivity index (χ1) is 6.77. The highest BCUT2D eigenvalue weighted by Gasteiger charge is 2.12. The molecule has 0 N–H and O–H groups in total. The number of ether oxygens (including phenoxy) is 1. The van der Waals surface area contributed by atoms with Crippen molar-refractivity contribution in [3.8, 4) is 11.5 Å². The van der Waals surface area contributed by atoms with Crippen LogP contribution < -0.4 is 4.74 Å². The van der Waals surface area contributed by atoms with E-state index in [-0.39, 0.29) is 10.2 Å². The molecule has 0 bridgehead atoms. The van der Waals surface area contributed by atoms with Crippen LogP contribution in [0.3, 0.4) is 0 Å². The zero-order valence-electron chi connectivity index (χ0n) is 6.96. The Kier molecular flexibility index (Phi) is 2.66. The normalized spacial score (nSPS) is 10.1. The average Bonchev–Trinajstić information content (AvgIpc) is 2.52. The summed E-state index contributed by atoms with van der Waals surface area (Å²) in [6.45, 7) is 0. The van der Waals surface area contributed by atoms with E-state index in [0.29, 0.717) is 11.5 Å². The lowest BCUT2D eigenvalue weighted by Gasteiger charge is -2.00. The Morgan fingerprint density at radius 3 is 2.43 bits per heavy atom. The summed E-state index contributed by atoms with van der Waals surface area (Å²) >= 11 is 11.4. The van der Waals surface area contributed by atoms with E-state index >= 15 is 0 Å². The molecule has 1 radical (unpaired) electrons. The minimum atomic E-state index is 0.0811. The first-order valence-corrected chi connectivity index (χ1v) is 4.61. The second-order valence-electron chi connectivity index (χ2n) is 2.54. The lowest BCUT2D eigenvalue weighted by molar-refractivity contribution is 0.462. The van der Waals surface area contributed by atoms with Crippen molar-refractivity contribution < 1.29 is 9.15 Å². The van der Waals surface area contributed by atoms with Crippen LogP contribution in [-0.4, -0.2) is 0 Å². The highest BCUT2D eigenvalue weighted by Crippen LogP contribution is 2.35. The van der Waals surface area contributed by atoms with Gasteiger partial charge in [0.15, 0.2) is 5.75 Å². The summed E-state index contributed by atoms with van der Waals surface area (Å²) < 4.78 is 10.1. The summed E-state index contributed by atoms with van der Waals surface area (Å²) in [6.07, 6.45) is 2.46. The molecule has 4 heteroatoms. The molecule has 0 amide bonds. The minimum absolute atomic E-state index is 0.0811. The van der Waals surface area contributed by atoms with Gasteiger partial charge in [-0.25, -0.2) is 0 Å². The molecule has 0 saturated carbocycles. The molecule has 0 aliphatic carbocycles. The van der Waals surface area contributed by atoms with Crippen LogP contribution in [0.15, 0.2) is 34.7 Å². The lowest BCUT2D eigenvalue weighted by atomic mass is 10.3. The van der Waals surface area contributed by atoms with Crippen molar-refractivity contribution in [2.24, 2.45) is 0 Å². The fourth-order valence-corrected chi connectivity index (χ4v) is 1.18. The SMILES string of the molecule is Clc1o[c]c(Oc2ccccc2)c1Cl. The summed E-state index contributed by atoms with van der Waals surface area (Å²) in [5, 5.41) is 0.313. The van der Waals surface area contributed by atoms with Gasteiger partial charge in [-0.05, 0) is 23.7 Å². The van der Waals surface area contributed by atoms with E-state index in [1.807, 2.05) is 18.2 Å². The molecule has 71 valence electrons. The summed E-state index contributed by atoms with van der Waals surface area (Å²) in [6, 6.07) is 9.19. The average molecular weight is 228 g/mol. The number of hydrogen-bond donors (Lipinski definition) is 0. The summed E-state index contributed by atoms with van der Waals surface area (Å²) in [7, 11) is 0. The van der Waals surface area contributed by atoms with Crippen LogP contribution in [0.5, 0.6) is 11.5 Å². The Morgan fingerprint density at radius 1 is 1.14 bits per heavy atom. The van der Waals surface area contributed by atoms with E-state index in [4.69, 9.17) is 32.4 Å². The first-order valence-electron chi connectivity index (χ1n) is 3.86. The second-order valence-corrected chi connectivity index (χ2v) is 3.26. The van der Waals surface area contributed by atoms with Crippen molar-refractivity contribution in [3.05, 3.63) is 46.8 Å². The van der Waals surface area contributed by atoms with Crippen LogP contribution in [0.2, 0.25) is 10.2 Å². The van der Waals surface area contributed by atoms with Gasteiger partial charge in [-0.15, -0.1) is 0 Å². The van der Waals surface area contributed by atoms with Crippen LogP contribution in [0.4, 0.5) is 0 Å². The van der Waals surface area contributed by atoms with Crippen molar-refractivity contribution in [3.63, 3.8) is 0 Å². The van der Waals surface area contributed by atoms with Crippen molar-refractivity contribution in [1.29, 1.82) is 0 Å². The maximum atomic E-state index is 5.78. The van der Waals surface area contributed by atoms with E-state index < -0.39 is 0 Å².